The summed E-state index contributed by atoms with van der Waals surface area (Å²) in [6.45, 7) is 8.26. The van der Waals surface area contributed by atoms with Gasteiger partial charge in [-0.2, -0.15) is 0 Å². The Balaban J connectivity index is 2.05. The Morgan fingerprint density at radius 2 is 1.87 bits per heavy atom. The molecule has 23 heavy (non-hydrogen) atoms. The molecule has 0 aromatic heterocycles. The van der Waals surface area contributed by atoms with Crippen molar-refractivity contribution in [3.8, 4) is 18.1 Å². The second kappa shape index (κ2) is 6.82. The van der Waals surface area contributed by atoms with Gasteiger partial charge in [-0.25, -0.2) is 4.79 Å². The minimum Gasteiger partial charge on any atom is -0.495 e. The van der Waals surface area contributed by atoms with Gasteiger partial charge in [-0.05, 0) is 39.0 Å². The van der Waals surface area contributed by atoms with Crippen LogP contribution in [0.15, 0.2) is 18.2 Å². The van der Waals surface area contributed by atoms with Crippen molar-refractivity contribution in [2.45, 2.75) is 26.4 Å². The van der Waals surface area contributed by atoms with E-state index >= 15 is 0 Å². The fourth-order valence-corrected chi connectivity index (χ4v) is 2.48. The summed E-state index contributed by atoms with van der Waals surface area (Å²) in [6.07, 6.45) is 5.22. The lowest BCUT2D eigenvalue weighted by atomic mass is 10.1. The molecule has 124 valence electrons. The predicted molar refractivity (Wildman–Crippen MR) is 90.9 cm³/mol. The minimum absolute atomic E-state index is 0.263. The Kier molecular flexibility index (Phi) is 5.05. The zero-order valence-corrected chi connectivity index (χ0v) is 14.3. The molecule has 1 aliphatic rings. The topological polar surface area (TPSA) is 42.0 Å². The van der Waals surface area contributed by atoms with E-state index in [4.69, 9.17) is 15.9 Å². The lowest BCUT2D eigenvalue weighted by molar-refractivity contribution is 0.0240. The van der Waals surface area contributed by atoms with Crippen LogP contribution in [0, 0.1) is 12.3 Å². The van der Waals surface area contributed by atoms with E-state index < -0.39 is 5.60 Å². The first kappa shape index (κ1) is 17.0. The highest BCUT2D eigenvalue weighted by Crippen LogP contribution is 2.30. The summed E-state index contributed by atoms with van der Waals surface area (Å²) >= 11 is 0. The van der Waals surface area contributed by atoms with Crippen molar-refractivity contribution in [2.75, 3.05) is 38.2 Å². The number of ether oxygens (including phenoxy) is 2. The number of terminal acetylenes is 1. The second-order valence-corrected chi connectivity index (χ2v) is 6.49. The van der Waals surface area contributed by atoms with Gasteiger partial charge in [-0.15, -0.1) is 6.42 Å². The van der Waals surface area contributed by atoms with Crippen LogP contribution in [-0.4, -0.2) is 49.9 Å². The minimum atomic E-state index is -0.474. The quantitative estimate of drug-likeness (QED) is 0.787. The summed E-state index contributed by atoms with van der Waals surface area (Å²) in [5.74, 6) is 3.43. The highest BCUT2D eigenvalue weighted by molar-refractivity contribution is 5.69. The third-order valence-electron chi connectivity index (χ3n) is 3.62. The van der Waals surface area contributed by atoms with E-state index in [0.717, 1.165) is 17.0 Å². The highest BCUT2D eigenvalue weighted by Gasteiger charge is 2.26. The molecule has 0 aliphatic carbocycles. The SMILES string of the molecule is C#Cc1ccc(OC)c(N2CCN(C(=O)OC(C)(C)C)CC2)c1. The first-order valence-corrected chi connectivity index (χ1v) is 7.71. The van der Waals surface area contributed by atoms with E-state index in [9.17, 15) is 4.79 Å². The van der Waals surface area contributed by atoms with E-state index in [1.54, 1.807) is 12.0 Å². The summed E-state index contributed by atoms with van der Waals surface area (Å²) in [4.78, 5) is 16.0. The Labute approximate surface area is 138 Å². The number of nitrogens with zero attached hydrogens (tertiary/aromatic N) is 2. The number of piperazine rings is 1. The molecule has 0 N–H and O–H groups in total. The average Bonchev–Trinajstić information content (AvgIpc) is 2.52. The smallest absolute Gasteiger partial charge is 0.410 e. The van der Waals surface area contributed by atoms with Crippen molar-refractivity contribution in [3.05, 3.63) is 23.8 Å². The maximum Gasteiger partial charge on any atom is 0.410 e. The molecular weight excluding hydrogens is 292 g/mol. The molecule has 2 rings (SSSR count). The Hall–Kier alpha value is -2.35. The summed E-state index contributed by atoms with van der Waals surface area (Å²) in [7, 11) is 1.64. The van der Waals surface area contributed by atoms with Gasteiger partial charge in [0.25, 0.3) is 0 Å². The molecule has 1 fully saturated rings. The van der Waals surface area contributed by atoms with Gasteiger partial charge in [0.2, 0.25) is 0 Å². The molecule has 5 heteroatoms. The van der Waals surface area contributed by atoms with Gasteiger partial charge >= 0.3 is 6.09 Å². The lowest BCUT2D eigenvalue weighted by Gasteiger charge is -2.37. The van der Waals surface area contributed by atoms with Crippen LogP contribution in [0.5, 0.6) is 5.75 Å². The number of hydrogen-bond acceptors (Lipinski definition) is 4. The monoisotopic (exact) mass is 316 g/mol. The highest BCUT2D eigenvalue weighted by atomic mass is 16.6. The van der Waals surface area contributed by atoms with Gasteiger partial charge in [0.15, 0.2) is 0 Å². The van der Waals surface area contributed by atoms with Gasteiger partial charge < -0.3 is 19.3 Å². The Bertz CT molecular complexity index is 606. The normalized spacial score (nSPS) is 15.1. The van der Waals surface area contributed by atoms with Crippen molar-refractivity contribution < 1.29 is 14.3 Å². The molecule has 1 aromatic carbocycles. The van der Waals surface area contributed by atoms with Gasteiger partial charge in [0.05, 0.1) is 12.8 Å². The third-order valence-corrected chi connectivity index (χ3v) is 3.62. The number of benzene rings is 1. The number of amides is 1. The van der Waals surface area contributed by atoms with Gasteiger partial charge in [0, 0.05) is 31.7 Å². The van der Waals surface area contributed by atoms with Crippen LogP contribution >= 0.6 is 0 Å². The number of carbonyl (C=O) groups is 1. The summed E-state index contributed by atoms with van der Waals surface area (Å²) < 4.78 is 10.8. The number of methoxy groups -OCH3 is 1. The van der Waals surface area contributed by atoms with Crippen LogP contribution in [0.2, 0.25) is 0 Å². The summed E-state index contributed by atoms with van der Waals surface area (Å²) in [6, 6.07) is 5.69. The van der Waals surface area contributed by atoms with E-state index in [0.29, 0.717) is 26.2 Å². The number of rotatable bonds is 2. The van der Waals surface area contributed by atoms with Gasteiger partial charge in [0.1, 0.15) is 11.4 Å². The van der Waals surface area contributed by atoms with Crippen molar-refractivity contribution in [2.24, 2.45) is 0 Å². The number of hydrogen-bond donors (Lipinski definition) is 0. The lowest BCUT2D eigenvalue weighted by Crippen LogP contribution is -2.50. The van der Waals surface area contributed by atoms with E-state index in [-0.39, 0.29) is 6.09 Å². The molecule has 0 unspecified atom stereocenters. The van der Waals surface area contributed by atoms with Crippen LogP contribution in [0.25, 0.3) is 0 Å². The molecule has 1 saturated heterocycles. The standard InChI is InChI=1S/C18H24N2O3/c1-6-14-7-8-16(22-5)15(13-14)19-9-11-20(12-10-19)17(21)23-18(2,3)4/h1,7-8,13H,9-12H2,2-5H3. The molecule has 0 radical (unpaired) electrons. The maximum atomic E-state index is 12.1. The second-order valence-electron chi connectivity index (χ2n) is 6.49. The van der Waals surface area contributed by atoms with Gasteiger partial charge in [-0.3, -0.25) is 0 Å². The fraction of sp³-hybridized carbons (Fsp3) is 0.500. The van der Waals surface area contributed by atoms with E-state index in [1.807, 2.05) is 39.0 Å². The molecule has 1 aliphatic heterocycles. The van der Waals surface area contributed by atoms with E-state index in [2.05, 4.69) is 10.8 Å². The molecule has 1 aromatic rings. The first-order valence-electron chi connectivity index (χ1n) is 7.71. The predicted octanol–water partition coefficient (Wildman–Crippen LogP) is 2.73. The molecule has 1 heterocycles. The fourth-order valence-electron chi connectivity index (χ4n) is 2.48. The molecule has 0 saturated carbocycles. The number of carbonyl (C=O) groups excluding carboxylic acids is 1. The Morgan fingerprint density at radius 3 is 2.39 bits per heavy atom. The van der Waals surface area contributed by atoms with Crippen LogP contribution in [0.3, 0.4) is 0 Å². The van der Waals surface area contributed by atoms with Gasteiger partial charge in [-0.1, -0.05) is 5.92 Å². The number of anilines is 1. The van der Waals surface area contributed by atoms with Crippen molar-refractivity contribution in [1.82, 2.24) is 4.90 Å². The molecule has 0 spiro atoms. The largest absolute Gasteiger partial charge is 0.495 e. The molecule has 1 amide bonds. The maximum absolute atomic E-state index is 12.1. The molecule has 0 bridgehead atoms. The molecule has 0 atom stereocenters. The third kappa shape index (κ3) is 4.32. The zero-order chi connectivity index (χ0) is 17.0. The van der Waals surface area contributed by atoms with Crippen molar-refractivity contribution >= 4 is 11.8 Å². The van der Waals surface area contributed by atoms with Crippen LogP contribution in [0.1, 0.15) is 26.3 Å². The van der Waals surface area contributed by atoms with E-state index in [1.165, 1.54) is 0 Å². The zero-order valence-electron chi connectivity index (χ0n) is 14.3. The van der Waals surface area contributed by atoms with Crippen LogP contribution in [-0.2, 0) is 4.74 Å². The average molecular weight is 316 g/mol. The molecule has 5 nitrogen and oxygen atoms in total. The summed E-state index contributed by atoms with van der Waals surface area (Å²) in [5.41, 5.74) is 1.31. The molecular formula is C18H24N2O3. The Morgan fingerprint density at radius 1 is 1.22 bits per heavy atom. The van der Waals surface area contributed by atoms with Crippen LogP contribution < -0.4 is 9.64 Å². The van der Waals surface area contributed by atoms with Crippen molar-refractivity contribution in [3.63, 3.8) is 0 Å². The first-order chi connectivity index (χ1) is 10.8. The van der Waals surface area contributed by atoms with Crippen LogP contribution in [0.4, 0.5) is 10.5 Å². The van der Waals surface area contributed by atoms with Crippen molar-refractivity contribution in [1.29, 1.82) is 0 Å². The summed E-state index contributed by atoms with van der Waals surface area (Å²) in [5, 5.41) is 0.